The summed E-state index contributed by atoms with van der Waals surface area (Å²) in [4.78, 5) is 13.5. The van der Waals surface area contributed by atoms with E-state index < -0.39 is 0 Å². The van der Waals surface area contributed by atoms with Crippen LogP contribution in [0.1, 0.15) is 19.1 Å². The van der Waals surface area contributed by atoms with Crippen LogP contribution in [-0.2, 0) is 13.5 Å². The van der Waals surface area contributed by atoms with Gasteiger partial charge in [0.05, 0.1) is 17.8 Å². The van der Waals surface area contributed by atoms with Crippen LogP contribution in [0.5, 0.6) is 0 Å². The molecular formula is C19H20N6O. The second-order valence-electron chi connectivity index (χ2n) is 6.30. The van der Waals surface area contributed by atoms with Crippen molar-refractivity contribution in [1.82, 2.24) is 24.7 Å². The Kier molecular flexibility index (Phi) is 4.35. The third-order valence-corrected chi connectivity index (χ3v) is 4.32. The molecule has 7 nitrogen and oxygen atoms in total. The molecule has 0 spiro atoms. The largest absolute Gasteiger partial charge is 0.469 e. The van der Waals surface area contributed by atoms with Gasteiger partial charge in [-0.25, -0.2) is 9.97 Å². The van der Waals surface area contributed by atoms with Crippen LogP contribution in [0.2, 0.25) is 0 Å². The van der Waals surface area contributed by atoms with Crippen molar-refractivity contribution in [2.45, 2.75) is 25.8 Å². The van der Waals surface area contributed by atoms with Gasteiger partial charge in [-0.05, 0) is 37.6 Å². The second-order valence-corrected chi connectivity index (χ2v) is 6.30. The fourth-order valence-corrected chi connectivity index (χ4v) is 2.88. The van der Waals surface area contributed by atoms with E-state index in [0.29, 0.717) is 5.82 Å². The molecule has 0 bridgehead atoms. The molecule has 0 amide bonds. The Morgan fingerprint density at radius 3 is 2.81 bits per heavy atom. The first-order valence-corrected chi connectivity index (χ1v) is 8.60. The summed E-state index contributed by atoms with van der Waals surface area (Å²) in [6.45, 7) is 2.14. The van der Waals surface area contributed by atoms with Crippen molar-refractivity contribution >= 4 is 16.9 Å². The van der Waals surface area contributed by atoms with Crippen LogP contribution in [0, 0.1) is 0 Å². The second kappa shape index (κ2) is 6.95. The molecule has 0 saturated carbocycles. The minimum Gasteiger partial charge on any atom is -0.469 e. The van der Waals surface area contributed by atoms with Crippen molar-refractivity contribution in [2.75, 3.05) is 5.32 Å². The highest BCUT2D eigenvalue weighted by Crippen LogP contribution is 2.25. The van der Waals surface area contributed by atoms with Crippen molar-refractivity contribution in [3.63, 3.8) is 0 Å². The lowest BCUT2D eigenvalue weighted by molar-refractivity contribution is 0.495. The number of aromatic nitrogens is 5. The van der Waals surface area contributed by atoms with Gasteiger partial charge in [0.1, 0.15) is 11.6 Å². The number of furan rings is 1. The molecule has 0 saturated heterocycles. The van der Waals surface area contributed by atoms with Crippen molar-refractivity contribution < 1.29 is 4.42 Å². The summed E-state index contributed by atoms with van der Waals surface area (Å²) in [6.07, 6.45) is 8.80. The molecule has 7 heteroatoms. The van der Waals surface area contributed by atoms with Crippen molar-refractivity contribution in [3.8, 4) is 11.4 Å². The van der Waals surface area contributed by atoms with Crippen LogP contribution in [0.4, 0.5) is 5.82 Å². The maximum atomic E-state index is 5.41. The lowest BCUT2D eigenvalue weighted by Crippen LogP contribution is -2.17. The zero-order chi connectivity index (χ0) is 17.9. The number of hydrogen-bond acceptors (Lipinski definition) is 6. The number of nitrogens with zero attached hydrogens (tertiary/aromatic N) is 5. The smallest absolute Gasteiger partial charge is 0.164 e. The summed E-state index contributed by atoms with van der Waals surface area (Å²) < 4.78 is 7.18. The Bertz CT molecular complexity index is 994. The summed E-state index contributed by atoms with van der Waals surface area (Å²) >= 11 is 0. The van der Waals surface area contributed by atoms with Gasteiger partial charge in [0.2, 0.25) is 0 Å². The average molecular weight is 348 g/mol. The molecule has 0 aliphatic heterocycles. The van der Waals surface area contributed by atoms with Crippen molar-refractivity contribution in [1.29, 1.82) is 0 Å². The summed E-state index contributed by atoms with van der Waals surface area (Å²) in [5.74, 6) is 2.44. The number of anilines is 1. The molecule has 0 aromatic carbocycles. The molecule has 4 heterocycles. The Balaban J connectivity index is 1.62. The van der Waals surface area contributed by atoms with Gasteiger partial charge >= 0.3 is 0 Å². The van der Waals surface area contributed by atoms with Gasteiger partial charge in [-0.1, -0.05) is 0 Å². The highest BCUT2D eigenvalue weighted by molar-refractivity contribution is 5.88. The predicted molar refractivity (Wildman–Crippen MR) is 99.6 cm³/mol. The molecule has 0 fully saturated rings. The number of aryl methyl sites for hydroxylation is 2. The Morgan fingerprint density at radius 2 is 2.04 bits per heavy atom. The summed E-state index contributed by atoms with van der Waals surface area (Å²) in [5.41, 5.74) is 1.72. The van der Waals surface area contributed by atoms with E-state index in [9.17, 15) is 0 Å². The molecule has 4 aromatic heterocycles. The quantitative estimate of drug-likeness (QED) is 0.575. The Morgan fingerprint density at radius 1 is 1.19 bits per heavy atom. The Hall–Kier alpha value is -3.22. The molecule has 0 aliphatic rings. The van der Waals surface area contributed by atoms with E-state index in [4.69, 9.17) is 9.40 Å². The van der Waals surface area contributed by atoms with E-state index >= 15 is 0 Å². The maximum Gasteiger partial charge on any atom is 0.164 e. The predicted octanol–water partition coefficient (Wildman–Crippen LogP) is 3.45. The Labute approximate surface area is 151 Å². The fraction of sp³-hybridized carbons (Fsp3) is 0.263. The van der Waals surface area contributed by atoms with Crippen LogP contribution in [0.25, 0.3) is 22.4 Å². The van der Waals surface area contributed by atoms with E-state index in [-0.39, 0.29) is 6.04 Å². The van der Waals surface area contributed by atoms with Gasteiger partial charge in [0, 0.05) is 37.5 Å². The lowest BCUT2D eigenvalue weighted by Gasteiger charge is -2.15. The standard InChI is InChI=1S/C19H20N6O/c1-13(5-6-15-4-3-11-26-15)22-18-16-12-21-25(2)19(16)24-17(23-18)14-7-9-20-10-8-14/h3-4,7-13H,5-6H2,1-2H3,(H,22,23,24)/t13-/m1/s1. The molecule has 132 valence electrons. The van der Waals surface area contributed by atoms with Gasteiger partial charge in [0.25, 0.3) is 0 Å². The van der Waals surface area contributed by atoms with Crippen LogP contribution < -0.4 is 5.32 Å². The van der Waals surface area contributed by atoms with Gasteiger partial charge in [-0.2, -0.15) is 5.10 Å². The first-order valence-electron chi connectivity index (χ1n) is 8.60. The van der Waals surface area contributed by atoms with E-state index in [2.05, 4.69) is 27.3 Å². The minimum absolute atomic E-state index is 0.226. The molecule has 0 radical (unpaired) electrons. The highest BCUT2D eigenvalue weighted by atomic mass is 16.3. The normalized spacial score (nSPS) is 12.4. The molecule has 1 N–H and O–H groups in total. The van der Waals surface area contributed by atoms with Crippen LogP contribution >= 0.6 is 0 Å². The van der Waals surface area contributed by atoms with E-state index in [1.807, 2.05) is 31.3 Å². The van der Waals surface area contributed by atoms with Crippen LogP contribution in [0.3, 0.4) is 0 Å². The van der Waals surface area contributed by atoms with E-state index in [1.54, 1.807) is 29.5 Å². The van der Waals surface area contributed by atoms with E-state index in [0.717, 1.165) is 41.0 Å². The summed E-state index contributed by atoms with van der Waals surface area (Å²) in [7, 11) is 1.88. The number of rotatable bonds is 6. The third-order valence-electron chi connectivity index (χ3n) is 4.32. The first-order chi connectivity index (χ1) is 12.7. The molecule has 4 aromatic rings. The minimum atomic E-state index is 0.226. The molecule has 1 atom stereocenters. The summed E-state index contributed by atoms with van der Waals surface area (Å²) in [6, 6.07) is 7.95. The number of pyridine rings is 1. The summed E-state index contributed by atoms with van der Waals surface area (Å²) in [5, 5.41) is 8.75. The maximum absolute atomic E-state index is 5.41. The molecule has 26 heavy (non-hydrogen) atoms. The monoisotopic (exact) mass is 348 g/mol. The number of hydrogen-bond donors (Lipinski definition) is 1. The van der Waals surface area contributed by atoms with E-state index in [1.165, 1.54) is 0 Å². The zero-order valence-corrected chi connectivity index (χ0v) is 14.8. The lowest BCUT2D eigenvalue weighted by atomic mass is 10.1. The fourth-order valence-electron chi connectivity index (χ4n) is 2.88. The average Bonchev–Trinajstić information content (AvgIpc) is 3.31. The molecule has 0 unspecified atom stereocenters. The van der Waals surface area contributed by atoms with Crippen molar-refractivity contribution in [3.05, 3.63) is 54.9 Å². The van der Waals surface area contributed by atoms with Gasteiger partial charge in [-0.15, -0.1) is 0 Å². The topological polar surface area (TPSA) is 81.7 Å². The number of fused-ring (bicyclic) bond motifs is 1. The van der Waals surface area contributed by atoms with Gasteiger partial charge in [0.15, 0.2) is 11.5 Å². The molecule has 4 rings (SSSR count). The van der Waals surface area contributed by atoms with Crippen LogP contribution in [0.15, 0.2) is 53.5 Å². The highest BCUT2D eigenvalue weighted by Gasteiger charge is 2.14. The van der Waals surface area contributed by atoms with Gasteiger partial charge in [-0.3, -0.25) is 9.67 Å². The van der Waals surface area contributed by atoms with Crippen LogP contribution in [-0.4, -0.2) is 30.8 Å². The molecule has 0 aliphatic carbocycles. The van der Waals surface area contributed by atoms with Gasteiger partial charge < -0.3 is 9.73 Å². The number of nitrogens with one attached hydrogen (secondary N) is 1. The molecular weight excluding hydrogens is 328 g/mol. The third kappa shape index (κ3) is 3.28. The first kappa shape index (κ1) is 16.3. The zero-order valence-electron chi connectivity index (χ0n) is 14.8. The van der Waals surface area contributed by atoms with Crippen molar-refractivity contribution in [2.24, 2.45) is 7.05 Å². The SMILES string of the molecule is C[C@H](CCc1ccco1)Nc1nc(-c2ccncc2)nc2c1cnn2C.